The molecule has 0 radical (unpaired) electrons. The van der Waals surface area contributed by atoms with Gasteiger partial charge in [-0.3, -0.25) is 4.79 Å². The SMILES string of the molecule is Cc1ccc(C(N)C(=O)NC2CCNC2)cc1. The highest BCUT2D eigenvalue weighted by Gasteiger charge is 2.21. The second-order valence-corrected chi connectivity index (χ2v) is 4.59. The smallest absolute Gasteiger partial charge is 0.241 e. The third-order valence-electron chi connectivity index (χ3n) is 3.13. The van der Waals surface area contributed by atoms with Crippen LogP contribution in [0.2, 0.25) is 0 Å². The van der Waals surface area contributed by atoms with Crippen LogP contribution in [0.5, 0.6) is 0 Å². The topological polar surface area (TPSA) is 67.2 Å². The predicted molar refractivity (Wildman–Crippen MR) is 67.5 cm³/mol. The number of carbonyl (C=O) groups excluding carboxylic acids is 1. The van der Waals surface area contributed by atoms with E-state index < -0.39 is 6.04 Å². The molecule has 1 aliphatic rings. The predicted octanol–water partition coefficient (Wildman–Crippen LogP) is 0.473. The zero-order valence-corrected chi connectivity index (χ0v) is 10.1. The summed E-state index contributed by atoms with van der Waals surface area (Å²) < 4.78 is 0. The van der Waals surface area contributed by atoms with Crippen LogP contribution in [0.15, 0.2) is 24.3 Å². The average molecular weight is 233 g/mol. The van der Waals surface area contributed by atoms with Crippen LogP contribution in [0.3, 0.4) is 0 Å². The molecule has 4 heteroatoms. The maximum atomic E-state index is 11.9. The fraction of sp³-hybridized carbons (Fsp3) is 0.462. The van der Waals surface area contributed by atoms with Gasteiger partial charge in [-0.1, -0.05) is 29.8 Å². The summed E-state index contributed by atoms with van der Waals surface area (Å²) in [6.07, 6.45) is 0.979. The molecule has 92 valence electrons. The van der Waals surface area contributed by atoms with Gasteiger partial charge >= 0.3 is 0 Å². The molecule has 4 N–H and O–H groups in total. The summed E-state index contributed by atoms with van der Waals surface area (Å²) in [6.45, 7) is 3.82. The molecule has 1 aromatic rings. The molecule has 0 aromatic heterocycles. The number of rotatable bonds is 3. The van der Waals surface area contributed by atoms with Crippen LogP contribution in [-0.2, 0) is 4.79 Å². The van der Waals surface area contributed by atoms with E-state index in [9.17, 15) is 4.79 Å². The molecule has 1 aromatic carbocycles. The Hall–Kier alpha value is -1.39. The maximum absolute atomic E-state index is 11.9. The maximum Gasteiger partial charge on any atom is 0.241 e. The largest absolute Gasteiger partial charge is 0.350 e. The summed E-state index contributed by atoms with van der Waals surface area (Å²) in [5.74, 6) is -0.0949. The first-order valence-electron chi connectivity index (χ1n) is 6.00. The zero-order chi connectivity index (χ0) is 12.3. The van der Waals surface area contributed by atoms with Gasteiger partial charge < -0.3 is 16.4 Å². The molecule has 1 heterocycles. The minimum absolute atomic E-state index is 0.0949. The van der Waals surface area contributed by atoms with E-state index in [2.05, 4.69) is 10.6 Å². The van der Waals surface area contributed by atoms with Gasteiger partial charge in [0.1, 0.15) is 6.04 Å². The van der Waals surface area contributed by atoms with Crippen molar-refractivity contribution in [2.24, 2.45) is 5.73 Å². The van der Waals surface area contributed by atoms with Gasteiger partial charge in [-0.05, 0) is 25.5 Å². The molecular weight excluding hydrogens is 214 g/mol. The second-order valence-electron chi connectivity index (χ2n) is 4.59. The first kappa shape index (κ1) is 12.1. The van der Waals surface area contributed by atoms with Gasteiger partial charge in [-0.25, -0.2) is 0 Å². The van der Waals surface area contributed by atoms with Crippen molar-refractivity contribution < 1.29 is 4.79 Å². The number of nitrogens with one attached hydrogen (secondary N) is 2. The van der Waals surface area contributed by atoms with Crippen molar-refractivity contribution in [2.45, 2.75) is 25.4 Å². The van der Waals surface area contributed by atoms with Crippen molar-refractivity contribution in [2.75, 3.05) is 13.1 Å². The Morgan fingerprint density at radius 1 is 1.47 bits per heavy atom. The first-order valence-corrected chi connectivity index (χ1v) is 6.00. The Morgan fingerprint density at radius 3 is 2.76 bits per heavy atom. The lowest BCUT2D eigenvalue weighted by Gasteiger charge is -2.16. The van der Waals surface area contributed by atoms with Crippen molar-refractivity contribution in [3.8, 4) is 0 Å². The summed E-state index contributed by atoms with van der Waals surface area (Å²) in [5, 5.41) is 6.17. The summed E-state index contributed by atoms with van der Waals surface area (Å²) in [6, 6.07) is 7.41. The van der Waals surface area contributed by atoms with Crippen molar-refractivity contribution >= 4 is 5.91 Å². The Bertz CT molecular complexity index is 382. The van der Waals surface area contributed by atoms with Gasteiger partial charge in [0.25, 0.3) is 0 Å². The molecule has 0 bridgehead atoms. The van der Waals surface area contributed by atoms with Gasteiger partial charge in [0, 0.05) is 12.6 Å². The van der Waals surface area contributed by atoms with Crippen LogP contribution in [0, 0.1) is 6.92 Å². The van der Waals surface area contributed by atoms with Crippen molar-refractivity contribution in [1.82, 2.24) is 10.6 Å². The standard InChI is InChI=1S/C13H19N3O/c1-9-2-4-10(5-3-9)12(14)13(17)16-11-6-7-15-8-11/h2-5,11-12,15H,6-8,14H2,1H3,(H,16,17). The molecule has 1 fully saturated rings. The summed E-state index contributed by atoms with van der Waals surface area (Å²) >= 11 is 0. The number of carbonyl (C=O) groups is 1. The molecular formula is C13H19N3O. The second kappa shape index (κ2) is 5.29. The fourth-order valence-electron chi connectivity index (χ4n) is 1.99. The summed E-state index contributed by atoms with van der Waals surface area (Å²) in [5.41, 5.74) is 7.96. The van der Waals surface area contributed by atoms with E-state index in [1.54, 1.807) is 0 Å². The normalized spacial score (nSPS) is 21.2. The van der Waals surface area contributed by atoms with Crippen molar-refractivity contribution in [3.05, 3.63) is 35.4 Å². The monoisotopic (exact) mass is 233 g/mol. The number of benzene rings is 1. The Labute approximate surface area is 102 Å². The molecule has 0 spiro atoms. The highest BCUT2D eigenvalue weighted by molar-refractivity contribution is 5.83. The molecule has 0 saturated carbocycles. The Balaban J connectivity index is 1.96. The molecule has 2 atom stereocenters. The fourth-order valence-corrected chi connectivity index (χ4v) is 1.99. The number of amides is 1. The minimum atomic E-state index is -0.573. The molecule has 1 saturated heterocycles. The summed E-state index contributed by atoms with van der Waals surface area (Å²) in [4.78, 5) is 11.9. The van der Waals surface area contributed by atoms with Gasteiger partial charge in [-0.15, -0.1) is 0 Å². The van der Waals surface area contributed by atoms with E-state index in [-0.39, 0.29) is 11.9 Å². The van der Waals surface area contributed by atoms with Gasteiger partial charge in [0.05, 0.1) is 0 Å². The molecule has 1 amide bonds. The van der Waals surface area contributed by atoms with E-state index in [4.69, 9.17) is 5.73 Å². The lowest BCUT2D eigenvalue weighted by atomic mass is 10.0. The molecule has 0 aliphatic carbocycles. The quantitative estimate of drug-likeness (QED) is 0.711. The van der Waals surface area contributed by atoms with E-state index in [1.165, 1.54) is 5.56 Å². The molecule has 2 rings (SSSR count). The Kier molecular flexibility index (Phi) is 3.76. The summed E-state index contributed by atoms with van der Waals surface area (Å²) in [7, 11) is 0. The number of hydrogen-bond donors (Lipinski definition) is 3. The molecule has 4 nitrogen and oxygen atoms in total. The van der Waals surface area contributed by atoms with Gasteiger partial charge in [0.15, 0.2) is 0 Å². The highest BCUT2D eigenvalue weighted by Crippen LogP contribution is 2.12. The third kappa shape index (κ3) is 3.05. The van der Waals surface area contributed by atoms with E-state index in [0.717, 1.165) is 25.1 Å². The van der Waals surface area contributed by atoms with Crippen LogP contribution < -0.4 is 16.4 Å². The molecule has 1 aliphatic heterocycles. The van der Waals surface area contributed by atoms with Crippen molar-refractivity contribution in [3.63, 3.8) is 0 Å². The van der Waals surface area contributed by atoms with Crippen molar-refractivity contribution in [1.29, 1.82) is 0 Å². The van der Waals surface area contributed by atoms with Gasteiger partial charge in [-0.2, -0.15) is 0 Å². The third-order valence-corrected chi connectivity index (χ3v) is 3.13. The first-order chi connectivity index (χ1) is 8.16. The lowest BCUT2D eigenvalue weighted by Crippen LogP contribution is -2.41. The number of nitrogens with two attached hydrogens (primary N) is 1. The molecule has 2 unspecified atom stereocenters. The van der Waals surface area contributed by atoms with Crippen LogP contribution in [0.25, 0.3) is 0 Å². The van der Waals surface area contributed by atoms with E-state index in [0.29, 0.717) is 0 Å². The zero-order valence-electron chi connectivity index (χ0n) is 10.1. The Morgan fingerprint density at radius 2 is 2.18 bits per heavy atom. The van der Waals surface area contributed by atoms with Crippen LogP contribution >= 0.6 is 0 Å². The highest BCUT2D eigenvalue weighted by atomic mass is 16.2. The minimum Gasteiger partial charge on any atom is -0.350 e. The van der Waals surface area contributed by atoms with E-state index in [1.807, 2.05) is 31.2 Å². The average Bonchev–Trinajstić information content (AvgIpc) is 2.82. The van der Waals surface area contributed by atoms with Crippen LogP contribution in [0.4, 0.5) is 0 Å². The van der Waals surface area contributed by atoms with E-state index >= 15 is 0 Å². The van der Waals surface area contributed by atoms with Crippen LogP contribution in [0.1, 0.15) is 23.6 Å². The van der Waals surface area contributed by atoms with Gasteiger partial charge in [0.2, 0.25) is 5.91 Å². The van der Waals surface area contributed by atoms with Crippen LogP contribution in [-0.4, -0.2) is 25.0 Å². The lowest BCUT2D eigenvalue weighted by molar-refractivity contribution is -0.123. The number of aryl methyl sites for hydroxylation is 1. The number of hydrogen-bond acceptors (Lipinski definition) is 3. The molecule has 17 heavy (non-hydrogen) atoms.